The topological polar surface area (TPSA) is 68.0 Å². The lowest BCUT2D eigenvalue weighted by Crippen LogP contribution is -2.31. The van der Waals surface area contributed by atoms with Gasteiger partial charge in [0.1, 0.15) is 6.04 Å². The van der Waals surface area contributed by atoms with Crippen LogP contribution in [-0.2, 0) is 4.79 Å². The largest absolute Gasteiger partial charge is 0.368 e. The Bertz CT molecular complexity index is 294. The first-order chi connectivity index (χ1) is 6.15. The predicted octanol–water partition coefficient (Wildman–Crippen LogP) is 0.136. The van der Waals surface area contributed by atoms with Gasteiger partial charge in [0.25, 0.3) is 0 Å². The molecule has 0 fully saturated rings. The molecule has 70 valence electrons. The number of pyridine rings is 1. The number of primary amides is 1. The number of carbonyl (C=O) groups is 1. The van der Waals surface area contributed by atoms with E-state index in [1.165, 1.54) is 0 Å². The van der Waals surface area contributed by atoms with Crippen molar-refractivity contribution in [1.82, 2.24) is 10.3 Å². The molecular weight excluding hydrogens is 166 g/mol. The van der Waals surface area contributed by atoms with E-state index >= 15 is 0 Å². The van der Waals surface area contributed by atoms with Crippen LogP contribution in [0.3, 0.4) is 0 Å². The van der Waals surface area contributed by atoms with Crippen molar-refractivity contribution in [3.63, 3.8) is 0 Å². The fourth-order valence-electron chi connectivity index (χ4n) is 1.12. The summed E-state index contributed by atoms with van der Waals surface area (Å²) in [6, 6.07) is 3.24. The number of carbonyl (C=O) groups excluding carboxylic acids is 1. The molecule has 0 aliphatic heterocycles. The van der Waals surface area contributed by atoms with Gasteiger partial charge in [0, 0.05) is 11.9 Å². The summed E-state index contributed by atoms with van der Waals surface area (Å²) in [5.74, 6) is -0.395. The molecule has 0 aliphatic rings. The lowest BCUT2D eigenvalue weighted by Gasteiger charge is -2.11. The zero-order valence-corrected chi connectivity index (χ0v) is 7.74. The van der Waals surface area contributed by atoms with E-state index in [-0.39, 0.29) is 0 Å². The second kappa shape index (κ2) is 4.00. The van der Waals surface area contributed by atoms with E-state index in [4.69, 9.17) is 5.73 Å². The molecule has 13 heavy (non-hydrogen) atoms. The number of aromatic nitrogens is 1. The Balaban J connectivity index is 2.92. The smallest absolute Gasteiger partial charge is 0.239 e. The Hall–Kier alpha value is -1.42. The van der Waals surface area contributed by atoms with Crippen molar-refractivity contribution >= 4 is 5.91 Å². The number of likely N-dealkylation sites (N-methyl/N-ethyl adjacent to an activating group) is 1. The Morgan fingerprint density at radius 2 is 2.31 bits per heavy atom. The number of nitrogens with zero attached hydrogens (tertiary/aromatic N) is 1. The molecule has 0 aromatic carbocycles. The molecule has 1 aromatic heterocycles. The number of aryl methyl sites for hydroxylation is 1. The monoisotopic (exact) mass is 179 g/mol. The van der Waals surface area contributed by atoms with Crippen molar-refractivity contribution in [2.24, 2.45) is 5.73 Å². The van der Waals surface area contributed by atoms with Crippen LogP contribution in [0.15, 0.2) is 18.3 Å². The number of nitrogens with two attached hydrogens (primary N) is 1. The molecule has 0 bridgehead atoms. The third-order valence-corrected chi connectivity index (χ3v) is 1.84. The van der Waals surface area contributed by atoms with Crippen molar-refractivity contribution in [3.05, 3.63) is 29.6 Å². The minimum Gasteiger partial charge on any atom is -0.368 e. The molecule has 1 aromatic rings. The molecule has 1 atom stereocenters. The number of amides is 1. The summed E-state index contributed by atoms with van der Waals surface area (Å²) in [4.78, 5) is 15.0. The third kappa shape index (κ3) is 2.26. The number of hydrogen-bond acceptors (Lipinski definition) is 3. The molecule has 0 saturated carbocycles. The molecule has 3 N–H and O–H groups in total. The van der Waals surface area contributed by atoms with Crippen LogP contribution in [0.2, 0.25) is 0 Å². The van der Waals surface area contributed by atoms with Gasteiger partial charge in [-0.15, -0.1) is 0 Å². The van der Waals surface area contributed by atoms with Gasteiger partial charge in [-0.2, -0.15) is 0 Å². The second-order valence-corrected chi connectivity index (χ2v) is 2.86. The lowest BCUT2D eigenvalue weighted by atomic mass is 10.1. The molecule has 0 radical (unpaired) electrons. The SMILES string of the molecule is CNC(C(N)=O)c1ccc(C)nc1. The molecule has 1 amide bonds. The van der Waals surface area contributed by atoms with Crippen molar-refractivity contribution in [2.45, 2.75) is 13.0 Å². The number of rotatable bonds is 3. The molecule has 0 saturated heterocycles. The summed E-state index contributed by atoms with van der Waals surface area (Å²) in [5.41, 5.74) is 6.90. The van der Waals surface area contributed by atoms with Crippen LogP contribution in [0.4, 0.5) is 0 Å². The van der Waals surface area contributed by atoms with Crippen molar-refractivity contribution in [1.29, 1.82) is 0 Å². The van der Waals surface area contributed by atoms with E-state index < -0.39 is 11.9 Å². The second-order valence-electron chi connectivity index (χ2n) is 2.86. The molecule has 4 nitrogen and oxygen atoms in total. The maximum Gasteiger partial charge on any atom is 0.239 e. The molecule has 0 spiro atoms. The first-order valence-corrected chi connectivity index (χ1v) is 4.04. The Labute approximate surface area is 77.2 Å². The normalized spacial score (nSPS) is 12.5. The highest BCUT2D eigenvalue weighted by Crippen LogP contribution is 2.10. The molecule has 1 unspecified atom stereocenters. The van der Waals surface area contributed by atoms with E-state index in [0.29, 0.717) is 0 Å². The van der Waals surface area contributed by atoms with E-state index in [9.17, 15) is 4.79 Å². The first kappa shape index (κ1) is 9.67. The van der Waals surface area contributed by atoms with E-state index in [0.717, 1.165) is 11.3 Å². The highest BCUT2D eigenvalue weighted by Gasteiger charge is 2.14. The fourth-order valence-corrected chi connectivity index (χ4v) is 1.12. The molecule has 1 heterocycles. The van der Waals surface area contributed by atoms with E-state index in [1.54, 1.807) is 13.2 Å². The fraction of sp³-hybridized carbons (Fsp3) is 0.333. The summed E-state index contributed by atoms with van der Waals surface area (Å²) < 4.78 is 0. The van der Waals surface area contributed by atoms with Crippen LogP contribution in [0.1, 0.15) is 17.3 Å². The maximum absolute atomic E-state index is 10.9. The van der Waals surface area contributed by atoms with Crippen LogP contribution in [-0.4, -0.2) is 17.9 Å². The van der Waals surface area contributed by atoms with Gasteiger partial charge in [-0.3, -0.25) is 9.78 Å². The highest BCUT2D eigenvalue weighted by atomic mass is 16.1. The van der Waals surface area contributed by atoms with Gasteiger partial charge in [-0.25, -0.2) is 0 Å². The van der Waals surface area contributed by atoms with Gasteiger partial charge >= 0.3 is 0 Å². The van der Waals surface area contributed by atoms with E-state index in [1.807, 2.05) is 19.1 Å². The van der Waals surface area contributed by atoms with Crippen molar-refractivity contribution < 1.29 is 4.79 Å². The highest BCUT2D eigenvalue weighted by molar-refractivity contribution is 5.81. The zero-order chi connectivity index (χ0) is 9.84. The Kier molecular flexibility index (Phi) is 2.97. The predicted molar refractivity (Wildman–Crippen MR) is 50.0 cm³/mol. The van der Waals surface area contributed by atoms with Crippen LogP contribution < -0.4 is 11.1 Å². The van der Waals surface area contributed by atoms with Crippen molar-refractivity contribution in [3.8, 4) is 0 Å². The first-order valence-electron chi connectivity index (χ1n) is 4.04. The van der Waals surface area contributed by atoms with Gasteiger partial charge in [0.05, 0.1) is 0 Å². The minimum absolute atomic E-state index is 0.395. The summed E-state index contributed by atoms with van der Waals surface area (Å²) in [6.45, 7) is 1.89. The molecule has 0 aliphatic carbocycles. The summed E-state index contributed by atoms with van der Waals surface area (Å²) >= 11 is 0. The maximum atomic E-state index is 10.9. The minimum atomic E-state index is -0.451. The number of hydrogen-bond donors (Lipinski definition) is 2. The number of nitrogens with one attached hydrogen (secondary N) is 1. The quantitative estimate of drug-likeness (QED) is 0.693. The average Bonchev–Trinajstić information content (AvgIpc) is 2.09. The average molecular weight is 179 g/mol. The van der Waals surface area contributed by atoms with Gasteiger partial charge in [0.2, 0.25) is 5.91 Å². The summed E-state index contributed by atoms with van der Waals surface area (Å²) in [7, 11) is 1.69. The Morgan fingerprint density at radius 1 is 1.62 bits per heavy atom. The van der Waals surface area contributed by atoms with Gasteiger partial charge < -0.3 is 11.1 Å². The van der Waals surface area contributed by atoms with Crippen LogP contribution in [0.5, 0.6) is 0 Å². The standard InChI is InChI=1S/C9H13N3O/c1-6-3-4-7(5-12-6)8(11-2)9(10)13/h3-5,8,11H,1-2H3,(H2,10,13). The Morgan fingerprint density at radius 3 is 2.69 bits per heavy atom. The van der Waals surface area contributed by atoms with Crippen LogP contribution in [0, 0.1) is 6.92 Å². The van der Waals surface area contributed by atoms with Crippen LogP contribution >= 0.6 is 0 Å². The molecule has 4 heteroatoms. The van der Waals surface area contributed by atoms with Gasteiger partial charge in [-0.1, -0.05) is 6.07 Å². The molecule has 1 rings (SSSR count). The zero-order valence-electron chi connectivity index (χ0n) is 7.74. The third-order valence-electron chi connectivity index (χ3n) is 1.84. The summed E-state index contributed by atoms with van der Waals surface area (Å²) in [6.07, 6.45) is 1.65. The van der Waals surface area contributed by atoms with Crippen LogP contribution in [0.25, 0.3) is 0 Å². The molecular formula is C9H13N3O. The van der Waals surface area contributed by atoms with Crippen molar-refractivity contribution in [2.75, 3.05) is 7.05 Å². The van der Waals surface area contributed by atoms with Gasteiger partial charge in [0.15, 0.2) is 0 Å². The lowest BCUT2D eigenvalue weighted by molar-refractivity contribution is -0.120. The summed E-state index contributed by atoms with van der Waals surface area (Å²) in [5, 5.41) is 2.82. The van der Waals surface area contributed by atoms with E-state index in [2.05, 4.69) is 10.3 Å². The van der Waals surface area contributed by atoms with Gasteiger partial charge in [-0.05, 0) is 25.6 Å².